The molecule has 74 valence electrons. The fraction of sp³-hybridized carbons (Fsp3) is 0.875. The highest BCUT2D eigenvalue weighted by atomic mass is 16.5. The number of carbonyl (C=O) groups excluding carboxylic acids is 1. The van der Waals surface area contributed by atoms with Crippen LogP contribution in [0.4, 0.5) is 0 Å². The molecule has 0 rings (SSSR count). The Balaban J connectivity index is 0. The van der Waals surface area contributed by atoms with E-state index in [-0.39, 0.29) is 6.61 Å². The van der Waals surface area contributed by atoms with Gasteiger partial charge in [0, 0.05) is 6.61 Å². The first kappa shape index (κ1) is 13.9. The molecule has 0 fully saturated rings. The van der Waals surface area contributed by atoms with Crippen molar-refractivity contribution >= 4 is 6.47 Å². The zero-order chi connectivity index (χ0) is 9.66. The summed E-state index contributed by atoms with van der Waals surface area (Å²) in [5, 5.41) is 8.24. The third-order valence-corrected chi connectivity index (χ3v) is 0.974. The maximum Gasteiger partial charge on any atom is 0.292 e. The lowest BCUT2D eigenvalue weighted by Gasteiger charge is -1.97. The lowest BCUT2D eigenvalue weighted by molar-refractivity contribution is -0.126. The maximum absolute atomic E-state index is 8.95. The Morgan fingerprint density at radius 3 is 2.33 bits per heavy atom. The minimum atomic E-state index is 0.143. The van der Waals surface area contributed by atoms with Crippen LogP contribution in [-0.4, -0.2) is 38.5 Å². The molecular formula is C8H18O4. The monoisotopic (exact) mass is 178 g/mol. The zero-order valence-electron chi connectivity index (χ0n) is 7.78. The van der Waals surface area contributed by atoms with Gasteiger partial charge in [-0.2, -0.15) is 0 Å². The second kappa shape index (κ2) is 16.8. The van der Waals surface area contributed by atoms with Crippen molar-refractivity contribution in [2.45, 2.75) is 19.8 Å². The summed E-state index contributed by atoms with van der Waals surface area (Å²) in [6.07, 6.45) is 2.26. The molecule has 0 amide bonds. The molecule has 0 saturated carbocycles. The second-order valence-electron chi connectivity index (χ2n) is 2.02. The van der Waals surface area contributed by atoms with E-state index in [1.807, 2.05) is 0 Å². The van der Waals surface area contributed by atoms with Gasteiger partial charge in [0.05, 0.1) is 20.3 Å². The van der Waals surface area contributed by atoms with Crippen LogP contribution in [0.3, 0.4) is 0 Å². The Labute approximate surface area is 73.5 Å². The average Bonchev–Trinajstić information content (AvgIpc) is 2.13. The lowest BCUT2D eigenvalue weighted by atomic mass is 10.4. The van der Waals surface area contributed by atoms with Gasteiger partial charge in [-0.3, -0.25) is 4.79 Å². The predicted octanol–water partition coefficient (Wildman–Crippen LogP) is 0.585. The largest absolute Gasteiger partial charge is 0.471 e. The quantitative estimate of drug-likeness (QED) is 0.477. The third-order valence-electron chi connectivity index (χ3n) is 0.974. The fourth-order valence-electron chi connectivity index (χ4n) is 0.413. The molecule has 0 aromatic carbocycles. The van der Waals surface area contributed by atoms with Crippen LogP contribution in [0.1, 0.15) is 19.8 Å². The molecule has 0 unspecified atom stereocenters. The van der Waals surface area contributed by atoms with Crippen LogP contribution in [0.25, 0.3) is 0 Å². The standard InChI is InChI=1S/C6H14O2.C2H4O2/c1-2-3-5-8-6-4-7;1-4-2-3/h7H,2-6H2,1H3;2H,1H3. The molecule has 0 aromatic heterocycles. The summed E-state index contributed by atoms with van der Waals surface area (Å²) in [7, 11) is 1.31. The van der Waals surface area contributed by atoms with Crippen molar-refractivity contribution in [3.05, 3.63) is 0 Å². The molecule has 0 spiro atoms. The van der Waals surface area contributed by atoms with Gasteiger partial charge in [0.1, 0.15) is 0 Å². The van der Waals surface area contributed by atoms with Crippen LogP contribution in [-0.2, 0) is 14.3 Å². The van der Waals surface area contributed by atoms with E-state index in [9.17, 15) is 0 Å². The van der Waals surface area contributed by atoms with Crippen LogP contribution < -0.4 is 0 Å². The summed E-state index contributed by atoms with van der Waals surface area (Å²) in [6, 6.07) is 0. The minimum Gasteiger partial charge on any atom is -0.471 e. The zero-order valence-corrected chi connectivity index (χ0v) is 7.78. The Morgan fingerprint density at radius 2 is 2.00 bits per heavy atom. The molecule has 0 aliphatic carbocycles. The summed E-state index contributed by atoms with van der Waals surface area (Å²) in [4.78, 5) is 8.95. The van der Waals surface area contributed by atoms with Crippen molar-refractivity contribution in [2.75, 3.05) is 26.9 Å². The molecule has 4 heteroatoms. The highest BCUT2D eigenvalue weighted by Gasteiger charge is 1.82. The van der Waals surface area contributed by atoms with E-state index in [1.165, 1.54) is 7.11 Å². The van der Waals surface area contributed by atoms with Crippen LogP contribution in [0.2, 0.25) is 0 Å². The first-order chi connectivity index (χ1) is 5.83. The van der Waals surface area contributed by atoms with E-state index in [2.05, 4.69) is 11.7 Å². The summed E-state index contributed by atoms with van der Waals surface area (Å²) >= 11 is 0. The van der Waals surface area contributed by atoms with Gasteiger partial charge in [-0.1, -0.05) is 13.3 Å². The third kappa shape index (κ3) is 22.8. The number of aliphatic hydroxyl groups excluding tert-OH is 1. The van der Waals surface area contributed by atoms with Gasteiger partial charge in [0.25, 0.3) is 6.47 Å². The Morgan fingerprint density at radius 1 is 1.42 bits per heavy atom. The fourth-order valence-corrected chi connectivity index (χ4v) is 0.413. The Bertz CT molecular complexity index is 69.5. The van der Waals surface area contributed by atoms with Gasteiger partial charge >= 0.3 is 0 Å². The van der Waals surface area contributed by atoms with Crippen molar-refractivity contribution in [1.82, 2.24) is 0 Å². The number of carbonyl (C=O) groups is 1. The van der Waals surface area contributed by atoms with Crippen molar-refractivity contribution in [2.24, 2.45) is 0 Å². The van der Waals surface area contributed by atoms with Crippen LogP contribution in [0, 0.1) is 0 Å². The Kier molecular flexibility index (Phi) is 19.5. The van der Waals surface area contributed by atoms with Gasteiger partial charge in [-0.15, -0.1) is 0 Å². The predicted molar refractivity (Wildman–Crippen MR) is 45.9 cm³/mol. The van der Waals surface area contributed by atoms with Gasteiger partial charge in [-0.25, -0.2) is 0 Å². The van der Waals surface area contributed by atoms with E-state index in [0.717, 1.165) is 19.4 Å². The number of unbranched alkanes of at least 4 members (excludes halogenated alkanes) is 1. The molecule has 0 aromatic rings. The molecule has 0 aliphatic rings. The number of hydrogen-bond acceptors (Lipinski definition) is 4. The normalized spacial score (nSPS) is 8.25. The van der Waals surface area contributed by atoms with E-state index in [0.29, 0.717) is 13.1 Å². The molecule has 0 aliphatic heterocycles. The van der Waals surface area contributed by atoms with E-state index in [1.54, 1.807) is 0 Å². The van der Waals surface area contributed by atoms with Gasteiger partial charge in [0.2, 0.25) is 0 Å². The molecule has 12 heavy (non-hydrogen) atoms. The SMILES string of the molecule is CCCCOCCO.COC=O. The van der Waals surface area contributed by atoms with Gasteiger partial charge in [0.15, 0.2) is 0 Å². The van der Waals surface area contributed by atoms with Crippen LogP contribution in [0.5, 0.6) is 0 Å². The second-order valence-corrected chi connectivity index (χ2v) is 2.02. The molecule has 0 heterocycles. The summed E-state index contributed by atoms with van der Waals surface area (Å²) in [5.74, 6) is 0. The van der Waals surface area contributed by atoms with Crippen LogP contribution in [0.15, 0.2) is 0 Å². The van der Waals surface area contributed by atoms with Crippen molar-refractivity contribution in [1.29, 1.82) is 0 Å². The maximum atomic E-state index is 8.95. The van der Waals surface area contributed by atoms with Crippen molar-refractivity contribution in [3.8, 4) is 0 Å². The number of hydrogen-bond donors (Lipinski definition) is 1. The number of methoxy groups -OCH3 is 1. The topological polar surface area (TPSA) is 55.8 Å². The Hall–Kier alpha value is -0.610. The molecular weight excluding hydrogens is 160 g/mol. The molecule has 0 atom stereocenters. The minimum absolute atomic E-state index is 0.143. The highest BCUT2D eigenvalue weighted by molar-refractivity contribution is 5.36. The number of aliphatic hydroxyl groups is 1. The van der Waals surface area contributed by atoms with Gasteiger partial charge in [-0.05, 0) is 6.42 Å². The van der Waals surface area contributed by atoms with Gasteiger partial charge < -0.3 is 14.6 Å². The van der Waals surface area contributed by atoms with Crippen LogP contribution >= 0.6 is 0 Å². The summed E-state index contributed by atoms with van der Waals surface area (Å²) < 4.78 is 8.83. The first-order valence-corrected chi connectivity index (χ1v) is 3.98. The molecule has 1 N–H and O–H groups in total. The van der Waals surface area contributed by atoms with Crippen molar-refractivity contribution in [3.63, 3.8) is 0 Å². The first-order valence-electron chi connectivity index (χ1n) is 3.98. The lowest BCUT2D eigenvalue weighted by Crippen LogP contribution is -1.99. The molecule has 0 saturated heterocycles. The smallest absolute Gasteiger partial charge is 0.292 e. The molecule has 0 bridgehead atoms. The number of ether oxygens (including phenoxy) is 2. The average molecular weight is 178 g/mol. The van der Waals surface area contributed by atoms with E-state index >= 15 is 0 Å². The van der Waals surface area contributed by atoms with E-state index < -0.39 is 0 Å². The van der Waals surface area contributed by atoms with Crippen molar-refractivity contribution < 1.29 is 19.4 Å². The molecule has 4 nitrogen and oxygen atoms in total. The highest BCUT2D eigenvalue weighted by Crippen LogP contribution is 1.85. The summed E-state index contributed by atoms with van der Waals surface area (Å²) in [5.41, 5.74) is 0. The summed E-state index contributed by atoms with van der Waals surface area (Å²) in [6.45, 7) is 3.91. The number of rotatable bonds is 6. The molecule has 0 radical (unpaired) electrons. The van der Waals surface area contributed by atoms with E-state index in [4.69, 9.17) is 14.6 Å².